The van der Waals surface area contributed by atoms with Crippen LogP contribution in [0.4, 0.5) is 0 Å². The van der Waals surface area contributed by atoms with Crippen LogP contribution in [0.15, 0.2) is 18.3 Å². The minimum atomic E-state index is 0.543. The van der Waals surface area contributed by atoms with E-state index in [-0.39, 0.29) is 0 Å². The molecule has 0 aliphatic heterocycles. The molecule has 0 saturated heterocycles. The van der Waals surface area contributed by atoms with E-state index in [1.807, 2.05) is 6.20 Å². The second-order valence-corrected chi connectivity index (χ2v) is 3.10. The van der Waals surface area contributed by atoms with E-state index in [4.69, 9.17) is 0 Å². The van der Waals surface area contributed by atoms with Gasteiger partial charge in [-0.1, -0.05) is 32.2 Å². The predicted octanol–water partition coefficient (Wildman–Crippen LogP) is 1.31. The number of hydrogen-bond acceptors (Lipinski definition) is 1. The molecule has 0 unspecified atom stereocenters. The van der Waals surface area contributed by atoms with Crippen molar-refractivity contribution >= 4 is 12.7 Å². The molecule has 0 amide bonds. The average Bonchev–Trinajstić information content (AvgIpc) is 2.05. The molecule has 0 fully saturated rings. The highest BCUT2D eigenvalue weighted by Gasteiger charge is 1.98. The molecule has 0 radical (unpaired) electrons. The van der Waals surface area contributed by atoms with E-state index in [1.54, 1.807) is 0 Å². The maximum absolute atomic E-state index is 4.35. The van der Waals surface area contributed by atoms with Crippen LogP contribution in [0.2, 0.25) is 6.82 Å². The van der Waals surface area contributed by atoms with Crippen molar-refractivity contribution in [3.05, 3.63) is 24.0 Å². The Morgan fingerprint density at radius 2 is 2.09 bits per heavy atom. The molecule has 58 valence electrons. The van der Waals surface area contributed by atoms with Crippen LogP contribution in [0.1, 0.15) is 25.5 Å². The summed E-state index contributed by atoms with van der Waals surface area (Å²) in [6, 6.07) is 4.27. The fourth-order valence-electron chi connectivity index (χ4n) is 0.987. The lowest BCUT2D eigenvalue weighted by Gasteiger charge is -2.03. The minimum absolute atomic E-state index is 0.543. The van der Waals surface area contributed by atoms with Gasteiger partial charge in [0.2, 0.25) is 0 Å². The van der Waals surface area contributed by atoms with Crippen molar-refractivity contribution in [2.75, 3.05) is 0 Å². The van der Waals surface area contributed by atoms with Crippen molar-refractivity contribution in [3.8, 4) is 0 Å². The van der Waals surface area contributed by atoms with E-state index < -0.39 is 0 Å². The van der Waals surface area contributed by atoms with Gasteiger partial charge in [-0.05, 0) is 12.0 Å². The van der Waals surface area contributed by atoms with Crippen LogP contribution < -0.4 is 5.46 Å². The van der Waals surface area contributed by atoms with Gasteiger partial charge in [-0.25, -0.2) is 0 Å². The van der Waals surface area contributed by atoms with Crippen molar-refractivity contribution in [3.63, 3.8) is 0 Å². The van der Waals surface area contributed by atoms with Gasteiger partial charge >= 0.3 is 0 Å². The number of pyridine rings is 1. The zero-order valence-corrected chi connectivity index (χ0v) is 7.46. The zero-order chi connectivity index (χ0) is 8.27. The molecule has 0 bridgehead atoms. The Labute approximate surface area is 69.1 Å². The molecule has 1 aromatic heterocycles. The third kappa shape index (κ3) is 2.07. The molecule has 0 atom stereocenters. The molecule has 0 N–H and O–H groups in total. The normalized spacial score (nSPS) is 10.2. The molecule has 1 nitrogen and oxygen atoms in total. The summed E-state index contributed by atoms with van der Waals surface area (Å²) in [5.74, 6) is 0.543. The van der Waals surface area contributed by atoms with Gasteiger partial charge < -0.3 is 0 Å². The number of hydrogen-bond donors (Lipinski definition) is 0. The molecule has 0 aliphatic carbocycles. The first-order valence-corrected chi connectivity index (χ1v) is 4.19. The summed E-state index contributed by atoms with van der Waals surface area (Å²) >= 11 is 0. The summed E-state index contributed by atoms with van der Waals surface area (Å²) in [7, 11) is 1.07. The third-order valence-corrected chi connectivity index (χ3v) is 1.85. The van der Waals surface area contributed by atoms with Crippen LogP contribution >= 0.6 is 0 Å². The van der Waals surface area contributed by atoms with Crippen LogP contribution in [-0.4, -0.2) is 12.3 Å². The highest BCUT2D eigenvalue weighted by atomic mass is 14.7. The van der Waals surface area contributed by atoms with Crippen LogP contribution in [0.5, 0.6) is 0 Å². The van der Waals surface area contributed by atoms with Gasteiger partial charge in [0.25, 0.3) is 0 Å². The highest BCUT2D eigenvalue weighted by Crippen LogP contribution is 2.07. The van der Waals surface area contributed by atoms with Crippen molar-refractivity contribution in [2.45, 2.75) is 26.6 Å². The van der Waals surface area contributed by atoms with Gasteiger partial charge in [-0.2, -0.15) is 0 Å². The topological polar surface area (TPSA) is 12.9 Å². The number of rotatable bonds is 2. The fourth-order valence-corrected chi connectivity index (χ4v) is 0.987. The average molecular weight is 147 g/mol. The first kappa shape index (κ1) is 8.31. The zero-order valence-electron chi connectivity index (χ0n) is 7.46. The van der Waals surface area contributed by atoms with Crippen molar-refractivity contribution in [2.24, 2.45) is 0 Å². The van der Waals surface area contributed by atoms with Gasteiger partial charge in [-0.15, -0.1) is 0 Å². The van der Waals surface area contributed by atoms with E-state index in [0.717, 1.165) is 7.28 Å². The molecular weight excluding hydrogens is 133 g/mol. The molecule has 0 saturated carbocycles. The Morgan fingerprint density at radius 1 is 1.36 bits per heavy atom. The van der Waals surface area contributed by atoms with Gasteiger partial charge in [0.15, 0.2) is 7.28 Å². The molecule has 11 heavy (non-hydrogen) atoms. The Kier molecular flexibility index (Phi) is 2.69. The quantitative estimate of drug-likeness (QED) is 0.574. The van der Waals surface area contributed by atoms with Crippen LogP contribution in [0, 0.1) is 0 Å². The number of nitrogens with zero attached hydrogens (tertiary/aromatic N) is 1. The lowest BCUT2D eigenvalue weighted by atomic mass is 9.74. The van der Waals surface area contributed by atoms with Gasteiger partial charge in [0.05, 0.1) is 0 Å². The van der Waals surface area contributed by atoms with E-state index in [1.165, 1.54) is 11.2 Å². The van der Waals surface area contributed by atoms with Crippen molar-refractivity contribution in [1.29, 1.82) is 0 Å². The van der Waals surface area contributed by atoms with E-state index in [9.17, 15) is 0 Å². The predicted molar refractivity (Wildman–Crippen MR) is 51.0 cm³/mol. The van der Waals surface area contributed by atoms with Crippen LogP contribution in [0.3, 0.4) is 0 Å². The van der Waals surface area contributed by atoms with Gasteiger partial charge in [-0.3, -0.25) is 4.98 Å². The maximum Gasteiger partial charge on any atom is 0.156 e. The summed E-state index contributed by atoms with van der Waals surface area (Å²) in [5.41, 5.74) is 2.50. The van der Waals surface area contributed by atoms with E-state index in [0.29, 0.717) is 5.92 Å². The molecule has 0 spiro atoms. The molecule has 0 aromatic carbocycles. The summed E-state index contributed by atoms with van der Waals surface area (Å²) in [6.07, 6.45) is 1.97. The first-order chi connectivity index (χ1) is 5.24. The molecule has 1 rings (SSSR count). The van der Waals surface area contributed by atoms with Crippen LogP contribution in [-0.2, 0) is 0 Å². The molecule has 0 aliphatic rings. The molecule has 1 aromatic rings. The SMILES string of the molecule is CBc1ccc(C(C)C)nc1. The second kappa shape index (κ2) is 3.56. The summed E-state index contributed by atoms with van der Waals surface area (Å²) in [6.45, 7) is 6.47. The summed E-state index contributed by atoms with van der Waals surface area (Å²) in [5, 5.41) is 0. The Bertz CT molecular complexity index is 216. The second-order valence-electron chi connectivity index (χ2n) is 3.10. The highest BCUT2D eigenvalue weighted by molar-refractivity contribution is 6.51. The first-order valence-electron chi connectivity index (χ1n) is 4.19. The smallest absolute Gasteiger partial charge is 0.156 e. The number of aromatic nitrogens is 1. The van der Waals surface area contributed by atoms with Crippen molar-refractivity contribution < 1.29 is 0 Å². The Morgan fingerprint density at radius 3 is 2.45 bits per heavy atom. The Balaban J connectivity index is 2.83. The lowest BCUT2D eigenvalue weighted by molar-refractivity contribution is 0.824. The maximum atomic E-state index is 4.35. The van der Waals surface area contributed by atoms with Crippen LogP contribution in [0.25, 0.3) is 0 Å². The van der Waals surface area contributed by atoms with Crippen molar-refractivity contribution in [1.82, 2.24) is 4.98 Å². The largest absolute Gasteiger partial charge is 0.262 e. The molecule has 2 heteroatoms. The minimum Gasteiger partial charge on any atom is -0.262 e. The summed E-state index contributed by atoms with van der Waals surface area (Å²) in [4.78, 5) is 4.35. The van der Waals surface area contributed by atoms with Gasteiger partial charge in [0, 0.05) is 11.9 Å². The van der Waals surface area contributed by atoms with E-state index in [2.05, 4.69) is 37.8 Å². The fraction of sp³-hybridized carbons (Fsp3) is 0.444. The monoisotopic (exact) mass is 147 g/mol. The summed E-state index contributed by atoms with van der Waals surface area (Å²) < 4.78 is 0. The lowest BCUT2D eigenvalue weighted by Crippen LogP contribution is -2.11. The standard InChI is InChI=1S/C9H14BN/c1-7(2)9-5-4-8(10-3)6-11-9/h4-7,10H,1-3H3. The Hall–Kier alpha value is -0.785. The van der Waals surface area contributed by atoms with E-state index >= 15 is 0 Å². The molecular formula is C9H14BN. The molecule has 1 heterocycles. The third-order valence-electron chi connectivity index (χ3n) is 1.85. The van der Waals surface area contributed by atoms with Gasteiger partial charge in [0.1, 0.15) is 0 Å².